The van der Waals surface area contributed by atoms with Crippen molar-refractivity contribution in [2.75, 3.05) is 32.8 Å². The van der Waals surface area contributed by atoms with E-state index in [0.29, 0.717) is 18.0 Å². The summed E-state index contributed by atoms with van der Waals surface area (Å²) in [4.78, 5) is 2.61. The van der Waals surface area contributed by atoms with Crippen LogP contribution in [0.25, 0.3) is 0 Å². The van der Waals surface area contributed by atoms with E-state index in [1.54, 1.807) is 0 Å². The summed E-state index contributed by atoms with van der Waals surface area (Å²) in [6.07, 6.45) is 1.21. The Morgan fingerprint density at radius 3 is 2.39 bits per heavy atom. The normalized spacial score (nSPS) is 22.3. The molecule has 1 heterocycles. The Bertz CT molecular complexity index is 213. The predicted molar refractivity (Wildman–Crippen MR) is 77.9 cm³/mol. The molecule has 0 spiro atoms. The highest BCUT2D eigenvalue weighted by Crippen LogP contribution is 2.19. The highest BCUT2D eigenvalue weighted by atomic mass is 16.5. The number of nitrogens with one attached hydrogen (secondary N) is 1. The second-order valence-corrected chi connectivity index (χ2v) is 6.23. The average Bonchev–Trinajstić information content (AvgIpc) is 2.79. The lowest BCUT2D eigenvalue weighted by molar-refractivity contribution is 0.139. The highest BCUT2D eigenvalue weighted by molar-refractivity contribution is 4.83. The first kappa shape index (κ1) is 15.9. The van der Waals surface area contributed by atoms with Crippen molar-refractivity contribution >= 4 is 0 Å². The van der Waals surface area contributed by atoms with E-state index in [1.165, 1.54) is 13.0 Å². The summed E-state index contributed by atoms with van der Waals surface area (Å²) < 4.78 is 5.55. The summed E-state index contributed by atoms with van der Waals surface area (Å²) in [6, 6.07) is 1.20. The van der Waals surface area contributed by atoms with Crippen molar-refractivity contribution in [2.45, 2.75) is 53.1 Å². The maximum atomic E-state index is 5.55. The summed E-state index contributed by atoms with van der Waals surface area (Å²) >= 11 is 0. The van der Waals surface area contributed by atoms with Crippen LogP contribution in [0.4, 0.5) is 0 Å². The molecule has 1 aliphatic heterocycles. The van der Waals surface area contributed by atoms with Crippen molar-refractivity contribution in [3.8, 4) is 0 Å². The van der Waals surface area contributed by atoms with Gasteiger partial charge in [0.1, 0.15) is 0 Å². The number of likely N-dealkylation sites (N-methyl/N-ethyl adjacent to an activating group) is 1. The first-order valence-corrected chi connectivity index (χ1v) is 7.59. The monoisotopic (exact) mass is 256 g/mol. The molecule has 1 N–H and O–H groups in total. The van der Waals surface area contributed by atoms with Crippen molar-refractivity contribution < 1.29 is 4.74 Å². The van der Waals surface area contributed by atoms with Crippen LogP contribution in [-0.4, -0.2) is 49.8 Å². The van der Waals surface area contributed by atoms with Crippen molar-refractivity contribution in [2.24, 2.45) is 11.8 Å². The first-order valence-electron chi connectivity index (χ1n) is 7.59. The molecule has 1 rings (SSSR count). The largest absolute Gasteiger partial charge is 0.381 e. The Hall–Kier alpha value is -0.120. The van der Waals surface area contributed by atoms with Gasteiger partial charge in [-0.2, -0.15) is 0 Å². The van der Waals surface area contributed by atoms with Gasteiger partial charge < -0.3 is 10.1 Å². The zero-order chi connectivity index (χ0) is 13.5. The minimum atomic E-state index is 0.582. The summed E-state index contributed by atoms with van der Waals surface area (Å²) in [5.41, 5.74) is 0. The van der Waals surface area contributed by atoms with Crippen molar-refractivity contribution in [3.63, 3.8) is 0 Å². The Morgan fingerprint density at radius 2 is 1.94 bits per heavy atom. The number of ether oxygens (including phenoxy) is 1. The van der Waals surface area contributed by atoms with Crippen LogP contribution < -0.4 is 5.32 Å². The van der Waals surface area contributed by atoms with Gasteiger partial charge in [-0.05, 0) is 32.7 Å². The minimum absolute atomic E-state index is 0.582. The lowest BCUT2D eigenvalue weighted by Gasteiger charge is -2.34. The number of hydrogen-bond donors (Lipinski definition) is 1. The lowest BCUT2D eigenvalue weighted by atomic mass is 9.97. The van der Waals surface area contributed by atoms with Crippen molar-refractivity contribution in [3.05, 3.63) is 0 Å². The summed E-state index contributed by atoms with van der Waals surface area (Å²) in [5.74, 6) is 1.42. The van der Waals surface area contributed by atoms with Crippen LogP contribution in [0.2, 0.25) is 0 Å². The lowest BCUT2D eigenvalue weighted by Crippen LogP contribution is -2.48. The van der Waals surface area contributed by atoms with E-state index in [1.807, 2.05) is 0 Å². The summed E-state index contributed by atoms with van der Waals surface area (Å²) in [6.45, 7) is 16.7. The molecule has 2 unspecified atom stereocenters. The maximum absolute atomic E-state index is 5.55. The van der Waals surface area contributed by atoms with Gasteiger partial charge in [-0.3, -0.25) is 4.90 Å². The van der Waals surface area contributed by atoms with Gasteiger partial charge in [-0.15, -0.1) is 0 Å². The van der Waals surface area contributed by atoms with E-state index in [4.69, 9.17) is 4.74 Å². The fourth-order valence-electron chi connectivity index (χ4n) is 2.73. The standard InChI is InChI=1S/C15H32N2O/c1-6-16-15(14-7-8-18-11-14)10-17(13(4)5)9-12(2)3/h12-16H,6-11H2,1-5H3. The molecule has 1 fully saturated rings. The van der Waals surface area contributed by atoms with E-state index in [2.05, 4.69) is 44.8 Å². The quantitative estimate of drug-likeness (QED) is 0.721. The molecule has 0 aromatic heterocycles. The average molecular weight is 256 g/mol. The second kappa shape index (κ2) is 8.13. The number of rotatable bonds is 8. The Balaban J connectivity index is 2.54. The van der Waals surface area contributed by atoms with E-state index < -0.39 is 0 Å². The van der Waals surface area contributed by atoms with Crippen LogP contribution in [0.1, 0.15) is 41.0 Å². The van der Waals surface area contributed by atoms with Crippen LogP contribution in [0.15, 0.2) is 0 Å². The highest BCUT2D eigenvalue weighted by Gasteiger charge is 2.27. The molecule has 18 heavy (non-hydrogen) atoms. The van der Waals surface area contributed by atoms with Crippen LogP contribution >= 0.6 is 0 Å². The van der Waals surface area contributed by atoms with Gasteiger partial charge in [0.2, 0.25) is 0 Å². The molecule has 0 radical (unpaired) electrons. The van der Waals surface area contributed by atoms with Gasteiger partial charge in [0.15, 0.2) is 0 Å². The molecular formula is C15H32N2O. The SMILES string of the molecule is CCNC(CN(CC(C)C)C(C)C)C1CCOC1. The molecule has 0 bridgehead atoms. The molecule has 0 amide bonds. The smallest absolute Gasteiger partial charge is 0.0510 e. The molecule has 3 heteroatoms. The molecule has 0 aromatic rings. The van der Waals surface area contributed by atoms with Gasteiger partial charge in [0, 0.05) is 37.7 Å². The van der Waals surface area contributed by atoms with Gasteiger partial charge in [0.05, 0.1) is 6.61 Å². The van der Waals surface area contributed by atoms with E-state index in [0.717, 1.165) is 32.2 Å². The third kappa shape index (κ3) is 5.25. The van der Waals surface area contributed by atoms with Gasteiger partial charge in [0.25, 0.3) is 0 Å². The Labute approximate surface area is 113 Å². The molecule has 108 valence electrons. The first-order chi connectivity index (χ1) is 8.54. The zero-order valence-electron chi connectivity index (χ0n) is 12.9. The molecule has 3 nitrogen and oxygen atoms in total. The van der Waals surface area contributed by atoms with Crippen LogP contribution in [-0.2, 0) is 4.74 Å². The zero-order valence-corrected chi connectivity index (χ0v) is 12.9. The van der Waals surface area contributed by atoms with E-state index in [-0.39, 0.29) is 0 Å². The van der Waals surface area contributed by atoms with Crippen LogP contribution in [0.3, 0.4) is 0 Å². The maximum Gasteiger partial charge on any atom is 0.0510 e. The van der Waals surface area contributed by atoms with Crippen LogP contribution in [0.5, 0.6) is 0 Å². The van der Waals surface area contributed by atoms with Gasteiger partial charge in [-0.1, -0.05) is 20.8 Å². The Morgan fingerprint density at radius 1 is 1.22 bits per heavy atom. The summed E-state index contributed by atoms with van der Waals surface area (Å²) in [5, 5.41) is 3.66. The van der Waals surface area contributed by atoms with E-state index in [9.17, 15) is 0 Å². The van der Waals surface area contributed by atoms with E-state index >= 15 is 0 Å². The fourth-order valence-corrected chi connectivity index (χ4v) is 2.73. The molecule has 0 aliphatic carbocycles. The van der Waals surface area contributed by atoms with Gasteiger partial charge in [-0.25, -0.2) is 0 Å². The summed E-state index contributed by atoms with van der Waals surface area (Å²) in [7, 11) is 0. The fraction of sp³-hybridized carbons (Fsp3) is 1.00. The third-order valence-electron chi connectivity index (χ3n) is 3.76. The molecule has 1 saturated heterocycles. The molecule has 0 aromatic carbocycles. The number of hydrogen-bond acceptors (Lipinski definition) is 3. The van der Waals surface area contributed by atoms with Crippen molar-refractivity contribution in [1.29, 1.82) is 0 Å². The van der Waals surface area contributed by atoms with Crippen LogP contribution in [0, 0.1) is 11.8 Å². The molecular weight excluding hydrogens is 224 g/mol. The minimum Gasteiger partial charge on any atom is -0.381 e. The molecule has 2 atom stereocenters. The molecule has 0 saturated carbocycles. The second-order valence-electron chi connectivity index (χ2n) is 6.23. The Kier molecular flexibility index (Phi) is 7.20. The van der Waals surface area contributed by atoms with Gasteiger partial charge >= 0.3 is 0 Å². The topological polar surface area (TPSA) is 24.5 Å². The number of nitrogens with zero attached hydrogens (tertiary/aromatic N) is 1. The third-order valence-corrected chi connectivity index (χ3v) is 3.76. The van der Waals surface area contributed by atoms with Crippen molar-refractivity contribution in [1.82, 2.24) is 10.2 Å². The predicted octanol–water partition coefficient (Wildman–Crippen LogP) is 2.37. The molecule has 1 aliphatic rings.